The number of carboxylic acids is 2. The molecule has 1 aliphatic carbocycles. The van der Waals surface area contributed by atoms with Gasteiger partial charge in [0, 0.05) is 5.56 Å². The number of carbonyl (C=O) groups is 3. The summed E-state index contributed by atoms with van der Waals surface area (Å²) in [4.78, 5) is 33.8. The fourth-order valence-corrected chi connectivity index (χ4v) is 2.26. The summed E-state index contributed by atoms with van der Waals surface area (Å²) in [7, 11) is 0. The van der Waals surface area contributed by atoms with Crippen LogP contribution in [0.5, 0.6) is 0 Å². The monoisotopic (exact) mass is 234 g/mol. The van der Waals surface area contributed by atoms with Crippen molar-refractivity contribution in [1.29, 1.82) is 0 Å². The maximum Gasteiger partial charge on any atom is 0.311 e. The van der Waals surface area contributed by atoms with Crippen LogP contribution in [0.1, 0.15) is 28.3 Å². The van der Waals surface area contributed by atoms with Crippen molar-refractivity contribution < 1.29 is 24.6 Å². The first-order valence-electron chi connectivity index (χ1n) is 5.10. The van der Waals surface area contributed by atoms with Gasteiger partial charge in [0.25, 0.3) is 0 Å². The molecule has 2 rings (SSSR count). The molecule has 0 amide bonds. The lowest BCUT2D eigenvalue weighted by Gasteiger charge is -2.12. The molecular formula is C12H10O5. The summed E-state index contributed by atoms with van der Waals surface area (Å²) >= 11 is 0. The van der Waals surface area contributed by atoms with E-state index in [9.17, 15) is 14.4 Å². The third-order valence-corrected chi connectivity index (χ3v) is 2.96. The molecule has 1 aromatic carbocycles. The van der Waals surface area contributed by atoms with E-state index in [-0.39, 0.29) is 0 Å². The van der Waals surface area contributed by atoms with Crippen LogP contribution in [0.3, 0.4) is 0 Å². The van der Waals surface area contributed by atoms with Crippen molar-refractivity contribution in [3.05, 3.63) is 35.4 Å². The fraction of sp³-hybridized carbons (Fsp3) is 0.250. The summed E-state index contributed by atoms with van der Waals surface area (Å²) in [5, 5.41) is 17.8. The van der Waals surface area contributed by atoms with Gasteiger partial charge in [0.2, 0.25) is 0 Å². The topological polar surface area (TPSA) is 91.7 Å². The van der Waals surface area contributed by atoms with Gasteiger partial charge < -0.3 is 10.2 Å². The maximum absolute atomic E-state index is 11.9. The van der Waals surface area contributed by atoms with Crippen LogP contribution in [0, 0.1) is 5.92 Å². The Morgan fingerprint density at radius 1 is 1.18 bits per heavy atom. The van der Waals surface area contributed by atoms with E-state index in [4.69, 9.17) is 10.2 Å². The number of hydrogen-bond donors (Lipinski definition) is 2. The van der Waals surface area contributed by atoms with Gasteiger partial charge in [-0.15, -0.1) is 0 Å². The summed E-state index contributed by atoms with van der Waals surface area (Å²) < 4.78 is 0. The molecule has 0 radical (unpaired) electrons. The quantitative estimate of drug-likeness (QED) is 0.818. The van der Waals surface area contributed by atoms with E-state index >= 15 is 0 Å². The minimum absolute atomic E-state index is 0.325. The van der Waals surface area contributed by atoms with E-state index in [2.05, 4.69) is 0 Å². The lowest BCUT2D eigenvalue weighted by molar-refractivity contribution is -0.141. The Morgan fingerprint density at radius 3 is 2.41 bits per heavy atom. The molecule has 5 nitrogen and oxygen atoms in total. The van der Waals surface area contributed by atoms with Crippen LogP contribution in [0.25, 0.3) is 0 Å². The zero-order chi connectivity index (χ0) is 12.6. The molecule has 17 heavy (non-hydrogen) atoms. The first kappa shape index (κ1) is 11.3. The molecule has 0 fully saturated rings. The van der Waals surface area contributed by atoms with Crippen LogP contribution in [0.4, 0.5) is 0 Å². The van der Waals surface area contributed by atoms with E-state index < -0.39 is 36.0 Å². The molecule has 2 unspecified atom stereocenters. The Hall–Kier alpha value is -2.17. The highest BCUT2D eigenvalue weighted by Gasteiger charge is 2.44. The molecule has 0 aliphatic heterocycles. The van der Waals surface area contributed by atoms with Gasteiger partial charge in [-0.25, -0.2) is 0 Å². The molecule has 0 bridgehead atoms. The second-order valence-corrected chi connectivity index (χ2v) is 3.97. The van der Waals surface area contributed by atoms with Gasteiger partial charge in [-0.3, -0.25) is 14.4 Å². The third-order valence-electron chi connectivity index (χ3n) is 2.96. The Bertz CT molecular complexity index is 505. The van der Waals surface area contributed by atoms with Crippen LogP contribution < -0.4 is 0 Å². The largest absolute Gasteiger partial charge is 0.481 e. The molecule has 0 heterocycles. The van der Waals surface area contributed by atoms with Gasteiger partial charge in [0.05, 0.1) is 18.3 Å². The van der Waals surface area contributed by atoms with Crippen LogP contribution in [0.15, 0.2) is 24.3 Å². The molecule has 0 saturated carbocycles. The first-order valence-corrected chi connectivity index (χ1v) is 5.10. The lowest BCUT2D eigenvalue weighted by Crippen LogP contribution is -2.23. The molecule has 0 saturated heterocycles. The second kappa shape index (κ2) is 4.01. The van der Waals surface area contributed by atoms with E-state index in [1.807, 2.05) is 0 Å². The maximum atomic E-state index is 11.9. The SMILES string of the molecule is O=C(O)CC1C(=O)c2ccccc2C1C(=O)O. The Morgan fingerprint density at radius 2 is 1.82 bits per heavy atom. The van der Waals surface area contributed by atoms with Crippen molar-refractivity contribution in [1.82, 2.24) is 0 Å². The fourth-order valence-electron chi connectivity index (χ4n) is 2.26. The summed E-state index contributed by atoms with van der Waals surface area (Å²) in [5.74, 6) is -4.76. The van der Waals surface area contributed by atoms with Gasteiger partial charge in [0.15, 0.2) is 5.78 Å². The Kier molecular flexibility index (Phi) is 2.67. The van der Waals surface area contributed by atoms with Crippen molar-refractivity contribution in [2.24, 2.45) is 5.92 Å². The average Bonchev–Trinajstić information content (AvgIpc) is 2.52. The molecule has 88 valence electrons. The molecule has 2 N–H and O–H groups in total. The van der Waals surface area contributed by atoms with E-state index in [1.54, 1.807) is 18.2 Å². The minimum Gasteiger partial charge on any atom is -0.481 e. The minimum atomic E-state index is -1.16. The second-order valence-electron chi connectivity index (χ2n) is 3.97. The van der Waals surface area contributed by atoms with Crippen molar-refractivity contribution in [2.75, 3.05) is 0 Å². The number of carbonyl (C=O) groups excluding carboxylic acids is 1. The third kappa shape index (κ3) is 1.80. The molecular weight excluding hydrogens is 224 g/mol. The Labute approximate surface area is 96.7 Å². The van der Waals surface area contributed by atoms with Crippen molar-refractivity contribution in [2.45, 2.75) is 12.3 Å². The highest BCUT2D eigenvalue weighted by atomic mass is 16.4. The normalized spacial score (nSPS) is 22.2. The van der Waals surface area contributed by atoms with Crippen LogP contribution in [-0.4, -0.2) is 27.9 Å². The standard InChI is InChI=1S/C12H10O5/c13-9(14)5-8-10(12(16)17)6-3-1-2-4-7(6)11(8)15/h1-4,8,10H,5H2,(H,13,14)(H,16,17). The first-order chi connectivity index (χ1) is 8.02. The number of fused-ring (bicyclic) bond motifs is 1. The van der Waals surface area contributed by atoms with Crippen LogP contribution in [0.2, 0.25) is 0 Å². The lowest BCUT2D eigenvalue weighted by atomic mass is 9.89. The van der Waals surface area contributed by atoms with Crippen LogP contribution in [-0.2, 0) is 9.59 Å². The van der Waals surface area contributed by atoms with Gasteiger partial charge >= 0.3 is 11.9 Å². The summed E-state index contributed by atoms with van der Waals surface area (Å²) in [6.07, 6.45) is -0.454. The van der Waals surface area contributed by atoms with Crippen molar-refractivity contribution in [3.8, 4) is 0 Å². The number of hydrogen-bond acceptors (Lipinski definition) is 3. The van der Waals surface area contributed by atoms with Gasteiger partial charge in [-0.05, 0) is 5.56 Å². The summed E-state index contributed by atoms with van der Waals surface area (Å²) in [5.41, 5.74) is 0.738. The number of aliphatic carboxylic acids is 2. The molecule has 0 spiro atoms. The van der Waals surface area contributed by atoms with Crippen molar-refractivity contribution in [3.63, 3.8) is 0 Å². The molecule has 1 aromatic rings. The molecule has 1 aliphatic rings. The molecule has 2 atom stereocenters. The van der Waals surface area contributed by atoms with Crippen LogP contribution >= 0.6 is 0 Å². The van der Waals surface area contributed by atoms with E-state index in [1.165, 1.54) is 6.07 Å². The predicted molar refractivity (Wildman–Crippen MR) is 56.9 cm³/mol. The van der Waals surface area contributed by atoms with Crippen molar-refractivity contribution >= 4 is 17.7 Å². The highest BCUT2D eigenvalue weighted by molar-refractivity contribution is 6.08. The van der Waals surface area contributed by atoms with E-state index in [0.717, 1.165) is 0 Å². The van der Waals surface area contributed by atoms with Gasteiger partial charge in [-0.1, -0.05) is 24.3 Å². The number of carboxylic acid groups (broad SMARTS) is 2. The van der Waals surface area contributed by atoms with E-state index in [0.29, 0.717) is 11.1 Å². The number of rotatable bonds is 3. The molecule has 0 aromatic heterocycles. The van der Waals surface area contributed by atoms with Gasteiger partial charge in [-0.2, -0.15) is 0 Å². The van der Waals surface area contributed by atoms with Gasteiger partial charge in [0.1, 0.15) is 0 Å². The zero-order valence-electron chi connectivity index (χ0n) is 8.79. The smallest absolute Gasteiger partial charge is 0.311 e. The Balaban J connectivity index is 2.47. The predicted octanol–water partition coefficient (Wildman–Crippen LogP) is 1.14. The zero-order valence-corrected chi connectivity index (χ0v) is 8.79. The number of benzene rings is 1. The highest BCUT2D eigenvalue weighted by Crippen LogP contribution is 2.39. The summed E-state index contributed by atoms with van der Waals surface area (Å²) in [6.45, 7) is 0. The molecule has 5 heteroatoms. The summed E-state index contributed by atoms with van der Waals surface area (Å²) in [6, 6.07) is 6.38. The average molecular weight is 234 g/mol. The number of ketones is 1. The number of Topliss-reactive ketones (excluding diaryl/α,β-unsaturated/α-hetero) is 1.